The molecule has 268 valence electrons. The van der Waals surface area contributed by atoms with Crippen LogP contribution in [0.2, 0.25) is 0 Å². The fourth-order valence-corrected chi connectivity index (χ4v) is 12.1. The molecule has 0 bridgehead atoms. The van der Waals surface area contributed by atoms with Crippen molar-refractivity contribution in [1.29, 1.82) is 0 Å². The first-order valence-electron chi connectivity index (χ1n) is 19.6. The predicted octanol–water partition coefficient (Wildman–Crippen LogP) is 14.7. The summed E-state index contributed by atoms with van der Waals surface area (Å²) in [5.74, 6) is 0.680. The van der Waals surface area contributed by atoms with Gasteiger partial charge in [-0.05, 0) is 64.7 Å². The second kappa shape index (κ2) is 11.3. The minimum atomic E-state index is 0.680. The van der Waals surface area contributed by atoms with Crippen LogP contribution in [0.4, 0.5) is 0 Å². The van der Waals surface area contributed by atoms with Crippen molar-refractivity contribution in [1.82, 2.24) is 18.9 Å². The van der Waals surface area contributed by atoms with Crippen LogP contribution in [0.15, 0.2) is 170 Å². The molecular weight excluding hydrogens is 745 g/mol. The lowest BCUT2D eigenvalue weighted by Gasteiger charge is -2.14. The summed E-state index contributed by atoms with van der Waals surface area (Å²) in [5, 5.41) is 8.90. The van der Waals surface area contributed by atoms with Gasteiger partial charge in [0, 0.05) is 57.4 Å². The van der Waals surface area contributed by atoms with Gasteiger partial charge in [-0.25, -0.2) is 9.97 Å². The lowest BCUT2D eigenvalue weighted by molar-refractivity contribution is 1.02. The van der Waals surface area contributed by atoms with Gasteiger partial charge in [0.1, 0.15) is 0 Å². The molecule has 6 aromatic heterocycles. The van der Waals surface area contributed by atoms with Crippen LogP contribution >= 0.6 is 22.7 Å². The molecule has 0 atom stereocenters. The molecule has 0 saturated carbocycles. The Labute approximate surface area is 338 Å². The zero-order valence-electron chi connectivity index (χ0n) is 30.8. The number of fused-ring (bicyclic) bond motifs is 7. The van der Waals surface area contributed by atoms with Gasteiger partial charge in [0.25, 0.3) is 0 Å². The van der Waals surface area contributed by atoms with Gasteiger partial charge >= 0.3 is 0 Å². The summed E-state index contributed by atoms with van der Waals surface area (Å²) >= 11 is 3.67. The second-order valence-electron chi connectivity index (χ2n) is 15.3. The van der Waals surface area contributed by atoms with E-state index in [-0.39, 0.29) is 0 Å². The summed E-state index contributed by atoms with van der Waals surface area (Å²) in [4.78, 5) is 11.2. The van der Waals surface area contributed by atoms with Crippen LogP contribution in [-0.2, 0) is 0 Å². The highest BCUT2D eigenvalue weighted by Gasteiger charge is 2.27. The molecule has 0 radical (unpaired) electrons. The first kappa shape index (κ1) is 31.0. The number of hydrogen-bond acceptors (Lipinski definition) is 4. The Bertz CT molecular complexity index is 3960. The summed E-state index contributed by atoms with van der Waals surface area (Å²) in [6.45, 7) is 0. The third-order valence-electron chi connectivity index (χ3n) is 12.3. The summed E-state index contributed by atoms with van der Waals surface area (Å²) in [6, 6.07) is 61.8. The average molecular weight is 773 g/mol. The first-order valence-corrected chi connectivity index (χ1v) is 21.2. The largest absolute Gasteiger partial charge is 0.308 e. The van der Waals surface area contributed by atoms with Gasteiger partial charge in [0.2, 0.25) is 5.95 Å². The molecule has 6 heteroatoms. The van der Waals surface area contributed by atoms with Crippen molar-refractivity contribution < 1.29 is 0 Å². The molecule has 0 fully saturated rings. The Kier molecular flexibility index (Phi) is 6.02. The molecule has 14 rings (SSSR count). The van der Waals surface area contributed by atoms with Crippen molar-refractivity contribution in [2.45, 2.75) is 0 Å². The first-order chi connectivity index (χ1) is 28.8. The minimum Gasteiger partial charge on any atom is -0.308 e. The molecule has 0 aliphatic rings. The zero-order chi connectivity index (χ0) is 37.6. The van der Waals surface area contributed by atoms with Crippen molar-refractivity contribution >= 4 is 112 Å². The van der Waals surface area contributed by atoms with Gasteiger partial charge in [-0.15, -0.1) is 22.7 Å². The molecule has 6 heterocycles. The standard InChI is InChI=1S/C52H28N4S2/c1-2-11-29(12-3-1)30-21-23-31(24-22-30)32-13-4-5-15-34(32)48-51-49(36-16-7-9-20-41(36)58-51)54-52(53-48)56-39-19-10-18-38-44(39)45-40(56)26-28-42-46(45)47-43(57-42)27-25-35-33-14-6-8-17-37(33)55(38)50(35)47/h1-28H. The summed E-state index contributed by atoms with van der Waals surface area (Å²) in [7, 11) is 0. The maximum absolute atomic E-state index is 5.67. The number of thiophene rings is 2. The highest BCUT2D eigenvalue weighted by molar-refractivity contribution is 7.26. The second-order valence-corrected chi connectivity index (χ2v) is 17.4. The van der Waals surface area contributed by atoms with Gasteiger partial charge in [0.05, 0.1) is 43.5 Å². The third kappa shape index (κ3) is 3.98. The molecule has 8 aromatic carbocycles. The summed E-state index contributed by atoms with van der Waals surface area (Å²) < 4.78 is 9.77. The third-order valence-corrected chi connectivity index (χ3v) is 14.6. The van der Waals surface area contributed by atoms with E-state index in [1.807, 2.05) is 11.3 Å². The normalized spacial score (nSPS) is 12.5. The number of hydrogen-bond donors (Lipinski definition) is 0. The number of nitrogens with zero attached hydrogens (tertiary/aromatic N) is 4. The Morgan fingerprint density at radius 2 is 1.05 bits per heavy atom. The van der Waals surface area contributed by atoms with E-state index in [0.29, 0.717) is 5.95 Å². The molecule has 0 unspecified atom stereocenters. The van der Waals surface area contributed by atoms with Crippen LogP contribution < -0.4 is 0 Å². The van der Waals surface area contributed by atoms with Crippen LogP contribution in [0.25, 0.3) is 129 Å². The Balaban J connectivity index is 1.10. The van der Waals surface area contributed by atoms with Crippen LogP contribution in [-0.4, -0.2) is 18.9 Å². The van der Waals surface area contributed by atoms with E-state index in [2.05, 4.69) is 179 Å². The Hall–Kier alpha value is -7.12. The van der Waals surface area contributed by atoms with Crippen LogP contribution in [0.1, 0.15) is 0 Å². The monoisotopic (exact) mass is 772 g/mol. The fraction of sp³-hybridized carbons (Fsp3) is 0. The van der Waals surface area contributed by atoms with Crippen LogP contribution in [0.3, 0.4) is 0 Å². The highest BCUT2D eigenvalue weighted by Crippen LogP contribution is 2.50. The molecule has 58 heavy (non-hydrogen) atoms. The SMILES string of the molecule is c1ccc(-c2ccc(-c3ccccc3-c3nc(-n4c5ccc6sc7ccc8c9ccccc9n9c%10cccc4c%10c5c6c7c89)nc4c3sc3ccccc34)cc2)cc1. The van der Waals surface area contributed by atoms with Gasteiger partial charge < -0.3 is 4.40 Å². The predicted molar refractivity (Wildman–Crippen MR) is 247 cm³/mol. The Morgan fingerprint density at radius 1 is 0.379 bits per heavy atom. The minimum absolute atomic E-state index is 0.680. The number of aromatic nitrogens is 4. The van der Waals surface area contributed by atoms with E-state index in [9.17, 15) is 0 Å². The quantitative estimate of drug-likeness (QED) is 0.179. The molecule has 4 nitrogen and oxygen atoms in total. The van der Waals surface area contributed by atoms with Crippen LogP contribution in [0, 0.1) is 0 Å². The van der Waals surface area contributed by atoms with Gasteiger partial charge in [-0.3, -0.25) is 4.57 Å². The molecule has 0 aliphatic heterocycles. The van der Waals surface area contributed by atoms with E-state index < -0.39 is 0 Å². The molecule has 14 aromatic rings. The molecule has 0 spiro atoms. The van der Waals surface area contributed by atoms with Crippen molar-refractivity contribution in [3.63, 3.8) is 0 Å². The summed E-state index contributed by atoms with van der Waals surface area (Å²) in [5.41, 5.74) is 13.7. The van der Waals surface area contributed by atoms with E-state index in [4.69, 9.17) is 9.97 Å². The van der Waals surface area contributed by atoms with Crippen molar-refractivity contribution in [2.75, 3.05) is 0 Å². The van der Waals surface area contributed by atoms with E-state index >= 15 is 0 Å². The number of para-hydroxylation sites is 1. The zero-order valence-corrected chi connectivity index (χ0v) is 32.4. The fourth-order valence-electron chi connectivity index (χ4n) is 9.86. The number of benzene rings is 8. The van der Waals surface area contributed by atoms with Crippen molar-refractivity contribution in [3.05, 3.63) is 170 Å². The van der Waals surface area contributed by atoms with Gasteiger partial charge in [0.15, 0.2) is 0 Å². The summed E-state index contributed by atoms with van der Waals surface area (Å²) in [6.07, 6.45) is 0. The lowest BCUT2D eigenvalue weighted by atomic mass is 9.95. The maximum atomic E-state index is 5.67. The smallest absolute Gasteiger partial charge is 0.235 e. The molecule has 0 amide bonds. The van der Waals surface area contributed by atoms with Crippen molar-refractivity contribution in [2.24, 2.45) is 0 Å². The lowest BCUT2D eigenvalue weighted by Crippen LogP contribution is -2.03. The number of rotatable bonds is 4. The topological polar surface area (TPSA) is 35.1 Å². The molecule has 0 N–H and O–H groups in total. The van der Waals surface area contributed by atoms with Crippen LogP contribution in [0.5, 0.6) is 0 Å². The Morgan fingerprint density at radius 3 is 1.95 bits per heavy atom. The maximum Gasteiger partial charge on any atom is 0.235 e. The van der Waals surface area contributed by atoms with Crippen molar-refractivity contribution in [3.8, 4) is 39.5 Å². The van der Waals surface area contributed by atoms with E-state index in [0.717, 1.165) is 49.0 Å². The molecule has 0 aliphatic carbocycles. The molecule has 0 saturated heterocycles. The highest BCUT2D eigenvalue weighted by atomic mass is 32.1. The average Bonchev–Trinajstić information content (AvgIpc) is 4.02. The van der Waals surface area contributed by atoms with E-state index in [1.165, 1.54) is 74.1 Å². The van der Waals surface area contributed by atoms with Gasteiger partial charge in [-0.1, -0.05) is 127 Å². The van der Waals surface area contributed by atoms with Gasteiger partial charge in [-0.2, -0.15) is 0 Å². The van der Waals surface area contributed by atoms with E-state index in [1.54, 1.807) is 11.3 Å². The molecular formula is C52H28N4S2.